The third-order valence-corrected chi connectivity index (χ3v) is 4.28. The second-order valence-corrected chi connectivity index (χ2v) is 6.76. The van der Waals surface area contributed by atoms with Crippen molar-refractivity contribution in [3.63, 3.8) is 0 Å². The Morgan fingerprint density at radius 2 is 1.88 bits per heavy atom. The Bertz CT molecular complexity index is 612. The Morgan fingerprint density at radius 1 is 1.23 bits per heavy atom. The van der Waals surface area contributed by atoms with Gasteiger partial charge in [-0.2, -0.15) is 0 Å². The van der Waals surface area contributed by atoms with Crippen LogP contribution in [0.15, 0.2) is 0 Å². The fourth-order valence-corrected chi connectivity index (χ4v) is 3.08. The van der Waals surface area contributed by atoms with Crippen LogP contribution in [0.4, 0.5) is 9.59 Å². The molecule has 0 aromatic rings. The highest BCUT2D eigenvalue weighted by atomic mass is 16.5. The zero-order valence-electron chi connectivity index (χ0n) is 14.9. The van der Waals surface area contributed by atoms with E-state index in [1.807, 2.05) is 5.32 Å². The number of nitrogens with one attached hydrogen (secondary N) is 3. The molecule has 0 aromatic carbocycles. The van der Waals surface area contributed by atoms with E-state index in [1.165, 1.54) is 0 Å². The van der Waals surface area contributed by atoms with E-state index < -0.39 is 36.1 Å². The summed E-state index contributed by atoms with van der Waals surface area (Å²) in [4.78, 5) is 59.9. The Hall–Kier alpha value is -2.65. The molecule has 0 radical (unpaired) electrons. The molecule has 6 amide bonds. The maximum absolute atomic E-state index is 12.4. The molecule has 0 unspecified atom stereocenters. The second kappa shape index (κ2) is 8.15. The summed E-state index contributed by atoms with van der Waals surface area (Å²) in [5.41, 5.74) is -0.815. The van der Waals surface area contributed by atoms with Crippen molar-refractivity contribution < 1.29 is 28.7 Å². The summed E-state index contributed by atoms with van der Waals surface area (Å²) in [6, 6.07) is -1.33. The van der Waals surface area contributed by atoms with Crippen molar-refractivity contribution in [3.05, 3.63) is 0 Å². The first-order chi connectivity index (χ1) is 12.2. The molecule has 3 N–H and O–H groups in total. The van der Waals surface area contributed by atoms with Gasteiger partial charge in [0.2, 0.25) is 0 Å². The Labute approximate surface area is 151 Å². The molecule has 26 heavy (non-hydrogen) atoms. The van der Waals surface area contributed by atoms with Gasteiger partial charge in [-0.3, -0.25) is 24.6 Å². The molecule has 0 aromatic heterocycles. The van der Waals surface area contributed by atoms with Crippen LogP contribution in [-0.4, -0.2) is 59.5 Å². The highest BCUT2D eigenvalue weighted by molar-refractivity contribution is 6.07. The number of nitrogens with zero attached hydrogens (tertiary/aromatic N) is 1. The normalized spacial score (nSPS) is 18.2. The lowest BCUT2D eigenvalue weighted by molar-refractivity contribution is -0.148. The molecule has 10 heteroatoms. The summed E-state index contributed by atoms with van der Waals surface area (Å²) in [7, 11) is 0. The maximum atomic E-state index is 12.4. The third kappa shape index (κ3) is 4.70. The SMILES string of the molecule is CC(C)NC(=O)NC(=O)COC(=O)CCN1C(=O)NC2(CCCC2)C1=O. The van der Waals surface area contributed by atoms with Gasteiger partial charge in [-0.25, -0.2) is 9.59 Å². The van der Waals surface area contributed by atoms with Gasteiger partial charge < -0.3 is 15.4 Å². The molecule has 2 rings (SSSR count). The first kappa shape index (κ1) is 19.7. The minimum absolute atomic E-state index is 0.110. The molecule has 1 heterocycles. The summed E-state index contributed by atoms with van der Waals surface area (Å²) in [5.74, 6) is -1.82. The van der Waals surface area contributed by atoms with E-state index in [1.54, 1.807) is 13.8 Å². The Balaban J connectivity index is 1.72. The van der Waals surface area contributed by atoms with Crippen LogP contribution < -0.4 is 16.0 Å². The summed E-state index contributed by atoms with van der Waals surface area (Å²) in [6.45, 7) is 2.74. The summed E-state index contributed by atoms with van der Waals surface area (Å²) in [5, 5.41) is 7.19. The second-order valence-electron chi connectivity index (χ2n) is 6.76. The predicted molar refractivity (Wildman–Crippen MR) is 88.8 cm³/mol. The zero-order valence-corrected chi connectivity index (χ0v) is 14.9. The summed E-state index contributed by atoms with van der Waals surface area (Å²) >= 11 is 0. The number of carbonyl (C=O) groups excluding carboxylic acids is 5. The molecule has 144 valence electrons. The van der Waals surface area contributed by atoms with Crippen LogP contribution in [0.3, 0.4) is 0 Å². The van der Waals surface area contributed by atoms with Gasteiger partial charge in [0.1, 0.15) is 5.54 Å². The van der Waals surface area contributed by atoms with Crippen LogP contribution in [0.2, 0.25) is 0 Å². The first-order valence-electron chi connectivity index (χ1n) is 8.63. The molecule has 1 aliphatic heterocycles. The van der Waals surface area contributed by atoms with Gasteiger partial charge >= 0.3 is 18.0 Å². The van der Waals surface area contributed by atoms with Crippen molar-refractivity contribution in [2.24, 2.45) is 0 Å². The van der Waals surface area contributed by atoms with Crippen molar-refractivity contribution in [2.75, 3.05) is 13.2 Å². The van der Waals surface area contributed by atoms with Gasteiger partial charge in [0.15, 0.2) is 6.61 Å². The number of amides is 6. The highest BCUT2D eigenvalue weighted by Gasteiger charge is 2.52. The van der Waals surface area contributed by atoms with Crippen molar-refractivity contribution in [2.45, 2.75) is 57.5 Å². The summed E-state index contributed by atoms with van der Waals surface area (Å²) in [6.07, 6.45) is 2.75. The van der Waals surface area contributed by atoms with Gasteiger partial charge in [-0.15, -0.1) is 0 Å². The number of hydrogen-bond acceptors (Lipinski definition) is 6. The summed E-state index contributed by atoms with van der Waals surface area (Å²) < 4.78 is 4.76. The fourth-order valence-electron chi connectivity index (χ4n) is 3.08. The van der Waals surface area contributed by atoms with E-state index in [0.29, 0.717) is 12.8 Å². The fraction of sp³-hybridized carbons (Fsp3) is 0.688. The van der Waals surface area contributed by atoms with E-state index in [2.05, 4.69) is 10.6 Å². The van der Waals surface area contributed by atoms with Crippen LogP contribution in [0.1, 0.15) is 46.0 Å². The predicted octanol–water partition coefficient (Wildman–Crippen LogP) is 0.0185. The average molecular weight is 368 g/mol. The lowest BCUT2D eigenvalue weighted by Gasteiger charge is -2.19. The maximum Gasteiger partial charge on any atom is 0.325 e. The van der Waals surface area contributed by atoms with E-state index >= 15 is 0 Å². The van der Waals surface area contributed by atoms with Crippen molar-refractivity contribution in [1.29, 1.82) is 0 Å². The minimum Gasteiger partial charge on any atom is -0.456 e. The van der Waals surface area contributed by atoms with Gasteiger partial charge in [-0.1, -0.05) is 12.8 Å². The van der Waals surface area contributed by atoms with Crippen molar-refractivity contribution in [3.8, 4) is 0 Å². The molecule has 0 atom stereocenters. The van der Waals surface area contributed by atoms with E-state index in [9.17, 15) is 24.0 Å². The first-order valence-corrected chi connectivity index (χ1v) is 8.63. The van der Waals surface area contributed by atoms with E-state index in [-0.39, 0.29) is 24.9 Å². The molecule has 1 spiro atoms. The minimum atomic E-state index is -0.815. The Morgan fingerprint density at radius 3 is 2.50 bits per heavy atom. The molecule has 1 saturated carbocycles. The zero-order chi connectivity index (χ0) is 19.3. The largest absolute Gasteiger partial charge is 0.456 e. The van der Waals surface area contributed by atoms with Gasteiger partial charge in [0.25, 0.3) is 11.8 Å². The number of urea groups is 2. The monoisotopic (exact) mass is 368 g/mol. The molecular formula is C16H24N4O6. The molecule has 1 aliphatic carbocycles. The quantitative estimate of drug-likeness (QED) is 0.447. The number of imide groups is 2. The van der Waals surface area contributed by atoms with Crippen LogP contribution in [0.5, 0.6) is 0 Å². The standard InChI is InChI=1S/C16H24N4O6/c1-10(2)17-14(24)18-11(21)9-26-12(22)5-8-20-13(23)16(19-15(20)25)6-3-4-7-16/h10H,3-9H2,1-2H3,(H,19,25)(H2,17,18,21,24). The van der Waals surface area contributed by atoms with Crippen LogP contribution in [-0.2, 0) is 19.1 Å². The number of rotatable bonds is 6. The van der Waals surface area contributed by atoms with Crippen LogP contribution in [0, 0.1) is 0 Å². The topological polar surface area (TPSA) is 134 Å². The van der Waals surface area contributed by atoms with E-state index in [4.69, 9.17) is 4.74 Å². The van der Waals surface area contributed by atoms with Crippen LogP contribution in [0.25, 0.3) is 0 Å². The number of esters is 1. The highest BCUT2D eigenvalue weighted by Crippen LogP contribution is 2.34. The molecule has 10 nitrogen and oxygen atoms in total. The van der Waals surface area contributed by atoms with Gasteiger partial charge in [-0.05, 0) is 26.7 Å². The Kier molecular flexibility index (Phi) is 6.17. The molecule has 2 fully saturated rings. The third-order valence-electron chi connectivity index (χ3n) is 4.28. The molecule has 0 bridgehead atoms. The lowest BCUT2D eigenvalue weighted by atomic mass is 9.98. The number of ether oxygens (including phenoxy) is 1. The molecule has 2 aliphatic rings. The van der Waals surface area contributed by atoms with E-state index in [0.717, 1.165) is 17.7 Å². The van der Waals surface area contributed by atoms with Gasteiger partial charge in [0.05, 0.1) is 6.42 Å². The van der Waals surface area contributed by atoms with Gasteiger partial charge in [0, 0.05) is 12.6 Å². The molecule has 1 saturated heterocycles. The van der Waals surface area contributed by atoms with Crippen molar-refractivity contribution >= 4 is 29.8 Å². The molecular weight excluding hydrogens is 344 g/mol. The lowest BCUT2D eigenvalue weighted by Crippen LogP contribution is -2.44. The van der Waals surface area contributed by atoms with Crippen molar-refractivity contribution in [1.82, 2.24) is 20.9 Å². The van der Waals surface area contributed by atoms with Crippen LogP contribution >= 0.6 is 0 Å². The number of carbonyl (C=O) groups is 5. The smallest absolute Gasteiger partial charge is 0.325 e. The number of hydrogen-bond donors (Lipinski definition) is 3. The average Bonchev–Trinajstić information content (AvgIpc) is 3.09.